The van der Waals surface area contributed by atoms with Gasteiger partial charge >= 0.3 is 0 Å². The number of nitrogens with one attached hydrogen (secondary N) is 1. The summed E-state index contributed by atoms with van der Waals surface area (Å²) in [6.45, 7) is 8.85. The van der Waals surface area contributed by atoms with Gasteiger partial charge in [0.15, 0.2) is 11.8 Å². The molecule has 2 rings (SSSR count). The quantitative estimate of drug-likeness (QED) is 0.250. The highest BCUT2D eigenvalue weighted by molar-refractivity contribution is 14.0. The molecule has 1 fully saturated rings. The summed E-state index contributed by atoms with van der Waals surface area (Å²) in [7, 11) is 1.72. The molecule has 0 saturated carbocycles. The topological polar surface area (TPSA) is 85.0 Å². The van der Waals surface area contributed by atoms with Crippen LogP contribution >= 0.6 is 24.0 Å². The molecule has 0 radical (unpaired) electrons. The van der Waals surface area contributed by atoms with E-state index in [0.29, 0.717) is 30.8 Å². The van der Waals surface area contributed by atoms with Crippen molar-refractivity contribution in [2.75, 3.05) is 46.5 Å². The third-order valence-electron chi connectivity index (χ3n) is 4.08. The molecule has 0 spiro atoms. The van der Waals surface area contributed by atoms with E-state index in [1.807, 2.05) is 6.92 Å². The van der Waals surface area contributed by atoms with Gasteiger partial charge in [-0.2, -0.15) is 4.98 Å². The number of nitrogens with zero attached hydrogens (tertiary/aromatic N) is 4. The van der Waals surface area contributed by atoms with Crippen LogP contribution in [-0.2, 0) is 15.9 Å². The number of ether oxygens (including phenoxy) is 2. The molecule has 9 heteroatoms. The van der Waals surface area contributed by atoms with Crippen molar-refractivity contribution >= 4 is 29.9 Å². The fourth-order valence-electron chi connectivity index (χ4n) is 2.81. The van der Waals surface area contributed by atoms with E-state index in [9.17, 15) is 0 Å². The molecule has 26 heavy (non-hydrogen) atoms. The molecule has 0 atom stereocenters. The van der Waals surface area contributed by atoms with Crippen molar-refractivity contribution < 1.29 is 14.0 Å². The van der Waals surface area contributed by atoms with Gasteiger partial charge in [-0.05, 0) is 33.1 Å². The summed E-state index contributed by atoms with van der Waals surface area (Å²) in [5.41, 5.74) is 0. The van der Waals surface area contributed by atoms with Crippen LogP contribution in [0.15, 0.2) is 9.52 Å². The number of guanidine groups is 1. The van der Waals surface area contributed by atoms with Gasteiger partial charge in [0.2, 0.25) is 5.89 Å². The van der Waals surface area contributed by atoms with Crippen molar-refractivity contribution in [2.45, 2.75) is 45.6 Å². The minimum Gasteiger partial charge on any atom is -0.385 e. The lowest BCUT2D eigenvalue weighted by molar-refractivity contribution is 0.00991. The molecule has 0 aliphatic carbocycles. The average molecular weight is 481 g/mol. The summed E-state index contributed by atoms with van der Waals surface area (Å²) in [6, 6.07) is 0. The second-order valence-corrected chi connectivity index (χ2v) is 6.12. The van der Waals surface area contributed by atoms with Crippen LogP contribution in [0.2, 0.25) is 0 Å². The molecule has 0 aromatic carbocycles. The van der Waals surface area contributed by atoms with Crippen molar-refractivity contribution in [3.8, 4) is 0 Å². The number of hydrogen-bond acceptors (Lipinski definition) is 6. The van der Waals surface area contributed by atoms with Gasteiger partial charge in [0.25, 0.3) is 0 Å². The summed E-state index contributed by atoms with van der Waals surface area (Å²) >= 11 is 0. The average Bonchev–Trinajstić information content (AvgIpc) is 3.04. The molecule has 1 N–H and O–H groups in total. The molecule has 8 nitrogen and oxygen atoms in total. The fourth-order valence-corrected chi connectivity index (χ4v) is 2.81. The van der Waals surface area contributed by atoms with E-state index in [0.717, 1.165) is 58.1 Å². The van der Waals surface area contributed by atoms with E-state index in [1.54, 1.807) is 7.11 Å². The van der Waals surface area contributed by atoms with Crippen molar-refractivity contribution in [3.05, 3.63) is 11.7 Å². The van der Waals surface area contributed by atoms with E-state index in [1.165, 1.54) is 0 Å². The molecule has 1 aliphatic rings. The predicted molar refractivity (Wildman–Crippen MR) is 111 cm³/mol. The molecular weight excluding hydrogens is 449 g/mol. The van der Waals surface area contributed by atoms with E-state index < -0.39 is 0 Å². The zero-order valence-electron chi connectivity index (χ0n) is 16.1. The summed E-state index contributed by atoms with van der Waals surface area (Å²) in [6.07, 6.45) is 4.02. The van der Waals surface area contributed by atoms with Crippen molar-refractivity contribution in [2.24, 2.45) is 4.99 Å². The molecule has 150 valence electrons. The Morgan fingerprint density at radius 1 is 1.35 bits per heavy atom. The standard InChI is InChI=1S/C17H31N5O3.HI/c1-4-18-17(19-9-6-16-20-14(2)21-25-16)22-10-7-15(8-11-22)24-13-5-12-23-3;/h15H,4-13H2,1-3H3,(H,18,19);1H. The highest BCUT2D eigenvalue weighted by Crippen LogP contribution is 2.14. The number of piperidine rings is 1. The molecule has 1 saturated heterocycles. The number of likely N-dealkylation sites (tertiary alicyclic amines) is 1. The van der Waals surface area contributed by atoms with Crippen LogP contribution in [0.5, 0.6) is 0 Å². The van der Waals surface area contributed by atoms with Gasteiger partial charge in [-0.15, -0.1) is 24.0 Å². The molecular formula is C17H32IN5O3. The van der Waals surface area contributed by atoms with E-state index in [2.05, 4.69) is 27.3 Å². The maximum Gasteiger partial charge on any atom is 0.228 e. The number of halogens is 1. The number of aliphatic imine (C=N–C) groups is 1. The Balaban J connectivity index is 0.00000338. The Hall–Kier alpha value is -0.940. The highest BCUT2D eigenvalue weighted by Gasteiger charge is 2.21. The second-order valence-electron chi connectivity index (χ2n) is 6.12. The summed E-state index contributed by atoms with van der Waals surface area (Å²) < 4.78 is 16.1. The first-order valence-electron chi connectivity index (χ1n) is 9.16. The lowest BCUT2D eigenvalue weighted by Gasteiger charge is -2.34. The molecule has 0 unspecified atom stereocenters. The minimum atomic E-state index is 0. The smallest absolute Gasteiger partial charge is 0.228 e. The van der Waals surface area contributed by atoms with Gasteiger partial charge in [0.1, 0.15) is 0 Å². The molecule has 1 aliphatic heterocycles. The summed E-state index contributed by atoms with van der Waals surface area (Å²) in [4.78, 5) is 11.2. The lowest BCUT2D eigenvalue weighted by Crippen LogP contribution is -2.47. The van der Waals surface area contributed by atoms with Crippen LogP contribution in [0, 0.1) is 6.92 Å². The van der Waals surface area contributed by atoms with Crippen LogP contribution in [0.4, 0.5) is 0 Å². The first-order chi connectivity index (χ1) is 12.2. The maximum atomic E-state index is 5.92. The number of methoxy groups -OCH3 is 1. The monoisotopic (exact) mass is 481 g/mol. The van der Waals surface area contributed by atoms with Crippen LogP contribution in [0.25, 0.3) is 0 Å². The number of aryl methyl sites for hydroxylation is 1. The van der Waals surface area contributed by atoms with Crippen LogP contribution in [0.1, 0.15) is 37.9 Å². The second kappa shape index (κ2) is 13.3. The Morgan fingerprint density at radius 2 is 2.12 bits per heavy atom. The number of hydrogen-bond donors (Lipinski definition) is 1. The SMILES string of the molecule is CCNC(=NCCc1nc(C)no1)N1CCC(OCCCOC)CC1.I. The summed E-state index contributed by atoms with van der Waals surface area (Å²) in [5.74, 6) is 2.26. The van der Waals surface area contributed by atoms with Crippen molar-refractivity contribution in [1.29, 1.82) is 0 Å². The van der Waals surface area contributed by atoms with Crippen LogP contribution < -0.4 is 5.32 Å². The Morgan fingerprint density at radius 3 is 2.73 bits per heavy atom. The Bertz CT molecular complexity index is 518. The normalized spacial score (nSPS) is 15.8. The van der Waals surface area contributed by atoms with Gasteiger partial charge in [-0.3, -0.25) is 4.99 Å². The number of rotatable bonds is 9. The van der Waals surface area contributed by atoms with Gasteiger partial charge < -0.3 is 24.2 Å². The van der Waals surface area contributed by atoms with Gasteiger partial charge in [-0.1, -0.05) is 5.16 Å². The highest BCUT2D eigenvalue weighted by atomic mass is 127. The molecule has 0 bridgehead atoms. The van der Waals surface area contributed by atoms with E-state index in [-0.39, 0.29) is 24.0 Å². The van der Waals surface area contributed by atoms with E-state index in [4.69, 9.17) is 19.0 Å². The molecule has 1 aromatic rings. The third kappa shape index (κ3) is 8.17. The largest absolute Gasteiger partial charge is 0.385 e. The zero-order chi connectivity index (χ0) is 17.9. The number of aromatic nitrogens is 2. The summed E-state index contributed by atoms with van der Waals surface area (Å²) in [5, 5.41) is 7.17. The molecule has 0 amide bonds. The minimum absolute atomic E-state index is 0. The van der Waals surface area contributed by atoms with Crippen molar-refractivity contribution in [3.63, 3.8) is 0 Å². The van der Waals surface area contributed by atoms with Crippen LogP contribution in [-0.4, -0.2) is 73.6 Å². The van der Waals surface area contributed by atoms with Gasteiger partial charge in [0.05, 0.1) is 12.6 Å². The van der Waals surface area contributed by atoms with E-state index >= 15 is 0 Å². The zero-order valence-corrected chi connectivity index (χ0v) is 18.4. The fraction of sp³-hybridized carbons (Fsp3) is 0.824. The van der Waals surface area contributed by atoms with Crippen LogP contribution in [0.3, 0.4) is 0 Å². The van der Waals surface area contributed by atoms with Crippen molar-refractivity contribution in [1.82, 2.24) is 20.4 Å². The third-order valence-corrected chi connectivity index (χ3v) is 4.08. The van der Waals surface area contributed by atoms with Gasteiger partial charge in [-0.25, -0.2) is 0 Å². The predicted octanol–water partition coefficient (Wildman–Crippen LogP) is 2.02. The first-order valence-corrected chi connectivity index (χ1v) is 9.16. The first kappa shape index (κ1) is 23.1. The Labute approximate surface area is 173 Å². The Kier molecular flexibility index (Phi) is 11.8. The lowest BCUT2D eigenvalue weighted by atomic mass is 10.1. The maximum absolute atomic E-state index is 5.92. The molecule has 1 aromatic heterocycles. The van der Waals surface area contributed by atoms with Gasteiger partial charge in [0, 0.05) is 46.4 Å². The molecule has 2 heterocycles.